The first-order chi connectivity index (χ1) is 12.0. The molecule has 1 aromatic carbocycles. The molecular formula is C20H27NO4. The van der Waals surface area contributed by atoms with E-state index in [-0.39, 0.29) is 18.4 Å². The van der Waals surface area contributed by atoms with Gasteiger partial charge in [-0.1, -0.05) is 44.2 Å². The largest absolute Gasteiger partial charge is 0.480 e. The standard InChI is InChI=1S/C20H27NO4/c1-3-16(15-7-5-4-6-8-15)18(22)21-17(19(23)24)13-25-20(21)11-9-14(2)10-12-20/h4-8,14,16-17H,3,9-13H2,1-2H3,(H,23,24)/t14?,16-,17+,20?/m1/s1. The number of hydrogen-bond donors (Lipinski definition) is 1. The average Bonchev–Trinajstić information content (AvgIpc) is 2.98. The van der Waals surface area contributed by atoms with Crippen molar-refractivity contribution in [2.45, 2.75) is 63.6 Å². The van der Waals surface area contributed by atoms with Crippen molar-refractivity contribution in [2.24, 2.45) is 5.92 Å². The van der Waals surface area contributed by atoms with Crippen molar-refractivity contribution >= 4 is 11.9 Å². The minimum absolute atomic E-state index is 0.0840. The molecule has 1 saturated carbocycles. The minimum atomic E-state index is -0.980. The number of hydrogen-bond acceptors (Lipinski definition) is 3. The number of carboxylic acids is 1. The van der Waals surface area contributed by atoms with Crippen LogP contribution in [0.4, 0.5) is 0 Å². The van der Waals surface area contributed by atoms with Gasteiger partial charge in [-0.15, -0.1) is 0 Å². The topological polar surface area (TPSA) is 66.8 Å². The Balaban J connectivity index is 1.93. The molecule has 0 radical (unpaired) electrons. The molecule has 2 fully saturated rings. The fraction of sp³-hybridized carbons (Fsp3) is 0.600. The summed E-state index contributed by atoms with van der Waals surface area (Å²) in [6.45, 7) is 4.25. The molecule has 1 aliphatic heterocycles. The van der Waals surface area contributed by atoms with Crippen LogP contribution in [0.5, 0.6) is 0 Å². The Kier molecular flexibility index (Phi) is 5.13. The first-order valence-electron chi connectivity index (χ1n) is 9.23. The molecule has 3 rings (SSSR count). The van der Waals surface area contributed by atoms with Gasteiger partial charge in [0.25, 0.3) is 0 Å². The highest BCUT2D eigenvalue weighted by molar-refractivity contribution is 5.89. The van der Waals surface area contributed by atoms with Gasteiger partial charge in [-0.25, -0.2) is 4.79 Å². The molecule has 0 aromatic heterocycles. The summed E-state index contributed by atoms with van der Waals surface area (Å²) in [6.07, 6.45) is 3.98. The molecule has 1 aliphatic carbocycles. The van der Waals surface area contributed by atoms with Crippen LogP contribution in [-0.4, -0.2) is 40.3 Å². The van der Waals surface area contributed by atoms with E-state index in [1.54, 1.807) is 4.90 Å². The molecule has 1 N–H and O–H groups in total. The zero-order chi connectivity index (χ0) is 18.0. The Morgan fingerprint density at radius 3 is 2.48 bits per heavy atom. The summed E-state index contributed by atoms with van der Waals surface area (Å²) in [4.78, 5) is 26.8. The predicted octanol–water partition coefficient (Wildman–Crippen LogP) is 3.40. The van der Waals surface area contributed by atoms with Crippen LogP contribution in [0.25, 0.3) is 0 Å². The van der Waals surface area contributed by atoms with Gasteiger partial charge in [0, 0.05) is 0 Å². The fourth-order valence-electron chi connectivity index (χ4n) is 4.20. The van der Waals surface area contributed by atoms with E-state index in [1.807, 2.05) is 37.3 Å². The van der Waals surface area contributed by atoms with Gasteiger partial charge in [0.05, 0.1) is 12.5 Å². The molecule has 1 saturated heterocycles. The second kappa shape index (κ2) is 7.16. The van der Waals surface area contributed by atoms with E-state index in [1.165, 1.54) is 0 Å². The van der Waals surface area contributed by atoms with Crippen LogP contribution in [0.1, 0.15) is 57.4 Å². The lowest BCUT2D eigenvalue weighted by Crippen LogP contribution is -2.56. The molecule has 5 heteroatoms. The van der Waals surface area contributed by atoms with Crippen LogP contribution >= 0.6 is 0 Å². The number of carboxylic acid groups (broad SMARTS) is 1. The van der Waals surface area contributed by atoms with Gasteiger partial charge in [-0.05, 0) is 43.6 Å². The predicted molar refractivity (Wildman–Crippen MR) is 94.1 cm³/mol. The lowest BCUT2D eigenvalue weighted by atomic mass is 9.82. The number of carbonyl (C=O) groups excluding carboxylic acids is 1. The maximum atomic E-state index is 13.4. The van der Waals surface area contributed by atoms with Gasteiger partial charge >= 0.3 is 5.97 Å². The van der Waals surface area contributed by atoms with Crippen LogP contribution in [0.3, 0.4) is 0 Å². The zero-order valence-electron chi connectivity index (χ0n) is 15.0. The van der Waals surface area contributed by atoms with Crippen LogP contribution in [0.15, 0.2) is 30.3 Å². The summed E-state index contributed by atoms with van der Waals surface area (Å²) in [5, 5.41) is 9.65. The monoisotopic (exact) mass is 345 g/mol. The molecule has 2 aliphatic rings. The third kappa shape index (κ3) is 3.30. The summed E-state index contributed by atoms with van der Waals surface area (Å²) in [6, 6.07) is 8.74. The van der Waals surface area contributed by atoms with Crippen molar-refractivity contribution in [2.75, 3.05) is 6.61 Å². The van der Waals surface area contributed by atoms with E-state index in [4.69, 9.17) is 4.74 Å². The van der Waals surface area contributed by atoms with E-state index in [0.717, 1.165) is 31.2 Å². The van der Waals surface area contributed by atoms with Crippen molar-refractivity contribution in [1.82, 2.24) is 4.90 Å². The first-order valence-corrected chi connectivity index (χ1v) is 9.23. The number of carbonyl (C=O) groups is 2. The Bertz CT molecular complexity index is 622. The molecule has 25 heavy (non-hydrogen) atoms. The van der Waals surface area contributed by atoms with Crippen molar-refractivity contribution < 1.29 is 19.4 Å². The van der Waals surface area contributed by atoms with Gasteiger partial charge in [-0.3, -0.25) is 9.69 Å². The Labute approximate surface area is 149 Å². The molecule has 0 unspecified atom stereocenters. The maximum absolute atomic E-state index is 13.4. The summed E-state index contributed by atoms with van der Waals surface area (Å²) >= 11 is 0. The van der Waals surface area contributed by atoms with Gasteiger partial charge in [0.1, 0.15) is 5.72 Å². The molecule has 1 spiro atoms. The van der Waals surface area contributed by atoms with Crippen molar-refractivity contribution in [3.05, 3.63) is 35.9 Å². The molecule has 0 bridgehead atoms. The summed E-state index contributed by atoms with van der Waals surface area (Å²) in [5.74, 6) is -0.841. The highest BCUT2D eigenvalue weighted by Gasteiger charge is 2.54. The molecule has 1 aromatic rings. The molecule has 5 nitrogen and oxygen atoms in total. The number of nitrogens with zero attached hydrogens (tertiary/aromatic N) is 1. The highest BCUT2D eigenvalue weighted by Crippen LogP contribution is 2.44. The lowest BCUT2D eigenvalue weighted by Gasteiger charge is -2.43. The Hall–Kier alpha value is -1.88. The average molecular weight is 345 g/mol. The Morgan fingerprint density at radius 2 is 1.92 bits per heavy atom. The van der Waals surface area contributed by atoms with Crippen molar-refractivity contribution in [3.8, 4) is 0 Å². The minimum Gasteiger partial charge on any atom is -0.480 e. The molecule has 2 atom stereocenters. The normalized spacial score (nSPS) is 30.4. The number of benzene rings is 1. The van der Waals surface area contributed by atoms with Crippen LogP contribution in [0, 0.1) is 5.92 Å². The summed E-state index contributed by atoms with van der Waals surface area (Å²) < 4.78 is 5.99. The fourth-order valence-corrected chi connectivity index (χ4v) is 4.20. The summed E-state index contributed by atoms with van der Waals surface area (Å²) in [5.41, 5.74) is 0.194. The van der Waals surface area contributed by atoms with Crippen LogP contribution in [-0.2, 0) is 14.3 Å². The van der Waals surface area contributed by atoms with E-state index in [9.17, 15) is 14.7 Å². The van der Waals surface area contributed by atoms with Gasteiger partial charge in [-0.2, -0.15) is 0 Å². The van der Waals surface area contributed by atoms with E-state index < -0.39 is 17.7 Å². The first kappa shape index (κ1) is 17.9. The van der Waals surface area contributed by atoms with Gasteiger partial charge in [0.15, 0.2) is 6.04 Å². The van der Waals surface area contributed by atoms with Crippen LogP contribution < -0.4 is 0 Å². The molecule has 136 valence electrons. The van der Waals surface area contributed by atoms with E-state index in [0.29, 0.717) is 12.3 Å². The van der Waals surface area contributed by atoms with Gasteiger partial charge < -0.3 is 9.84 Å². The number of amides is 1. The molecular weight excluding hydrogens is 318 g/mol. The highest BCUT2D eigenvalue weighted by atomic mass is 16.5. The number of ether oxygens (including phenoxy) is 1. The van der Waals surface area contributed by atoms with Crippen molar-refractivity contribution in [3.63, 3.8) is 0 Å². The second-order valence-electron chi connectivity index (χ2n) is 7.37. The SMILES string of the molecule is CC[C@@H](C(=O)N1[C@H](C(=O)O)COC12CCC(C)CC2)c1ccccc1. The molecule has 1 heterocycles. The third-order valence-electron chi connectivity index (χ3n) is 5.75. The summed E-state index contributed by atoms with van der Waals surface area (Å²) in [7, 11) is 0. The Morgan fingerprint density at radius 1 is 1.28 bits per heavy atom. The molecule has 1 amide bonds. The van der Waals surface area contributed by atoms with E-state index >= 15 is 0 Å². The van der Waals surface area contributed by atoms with E-state index in [2.05, 4.69) is 6.92 Å². The van der Waals surface area contributed by atoms with Crippen LogP contribution in [0.2, 0.25) is 0 Å². The van der Waals surface area contributed by atoms with Gasteiger partial charge in [0.2, 0.25) is 5.91 Å². The zero-order valence-corrected chi connectivity index (χ0v) is 15.0. The number of aliphatic carboxylic acids is 1. The number of rotatable bonds is 4. The maximum Gasteiger partial charge on any atom is 0.328 e. The smallest absolute Gasteiger partial charge is 0.328 e. The second-order valence-corrected chi connectivity index (χ2v) is 7.37. The van der Waals surface area contributed by atoms with Crippen molar-refractivity contribution in [1.29, 1.82) is 0 Å². The quantitative estimate of drug-likeness (QED) is 0.908. The lowest BCUT2D eigenvalue weighted by molar-refractivity contribution is -0.166. The third-order valence-corrected chi connectivity index (χ3v) is 5.75.